The molecule has 0 N–H and O–H groups in total. The first-order chi connectivity index (χ1) is 14.8. The summed E-state index contributed by atoms with van der Waals surface area (Å²) in [7, 11) is 0. The third-order valence-corrected chi connectivity index (χ3v) is 6.11. The highest BCUT2D eigenvalue weighted by atomic mass is 32.2. The number of anilines is 1. The summed E-state index contributed by atoms with van der Waals surface area (Å²) in [5.74, 6) is 1.77. The minimum Gasteiger partial charge on any atom is -0.378 e. The maximum atomic E-state index is 13.2. The Morgan fingerprint density at radius 3 is 2.45 bits per heavy atom. The number of hydrogen-bond donors (Lipinski definition) is 0. The second-order valence-corrected chi connectivity index (χ2v) is 10.3. The highest BCUT2D eigenvalue weighted by Crippen LogP contribution is 2.26. The van der Waals surface area contributed by atoms with Gasteiger partial charge >= 0.3 is 0 Å². The van der Waals surface area contributed by atoms with Crippen molar-refractivity contribution in [2.24, 2.45) is 5.92 Å². The number of benzene rings is 1. The topological polar surface area (TPSA) is 63.5 Å². The average Bonchev–Trinajstić information content (AvgIpc) is 3.12. The fraction of sp³-hybridized carbons (Fsp3) is 0.609. The van der Waals surface area contributed by atoms with Crippen LogP contribution in [0.5, 0.6) is 0 Å². The maximum absolute atomic E-state index is 13.2. The van der Waals surface area contributed by atoms with Crippen molar-refractivity contribution in [2.75, 3.05) is 37.0 Å². The first-order valence-corrected chi connectivity index (χ1v) is 12.0. The van der Waals surface area contributed by atoms with Gasteiger partial charge in [0.25, 0.3) is 0 Å². The zero-order valence-electron chi connectivity index (χ0n) is 19.4. The molecule has 170 valence electrons. The Morgan fingerprint density at radius 2 is 1.84 bits per heavy atom. The van der Waals surface area contributed by atoms with Crippen LogP contribution in [0.3, 0.4) is 0 Å². The van der Waals surface area contributed by atoms with Crippen LogP contribution in [0.15, 0.2) is 35.5 Å². The zero-order valence-corrected chi connectivity index (χ0v) is 20.2. The summed E-state index contributed by atoms with van der Waals surface area (Å²) in [6.45, 7) is 15.1. The van der Waals surface area contributed by atoms with Gasteiger partial charge in [0.15, 0.2) is 5.16 Å². The lowest BCUT2D eigenvalue weighted by Crippen LogP contribution is -2.46. The minimum atomic E-state index is -0.266. The predicted octanol–water partition coefficient (Wildman–Crippen LogP) is 3.69. The average molecular weight is 446 g/mol. The van der Waals surface area contributed by atoms with Crippen molar-refractivity contribution < 1.29 is 9.53 Å². The van der Waals surface area contributed by atoms with E-state index in [-0.39, 0.29) is 11.4 Å². The van der Waals surface area contributed by atoms with E-state index in [1.54, 1.807) is 0 Å². The first-order valence-electron chi connectivity index (χ1n) is 11.0. The third-order valence-electron chi connectivity index (χ3n) is 5.16. The van der Waals surface area contributed by atoms with Crippen LogP contribution in [0.1, 0.15) is 40.2 Å². The molecule has 7 nitrogen and oxygen atoms in total. The molecule has 3 rings (SSSR count). The quantitative estimate of drug-likeness (QED) is 0.578. The van der Waals surface area contributed by atoms with Gasteiger partial charge in [-0.2, -0.15) is 0 Å². The lowest BCUT2D eigenvalue weighted by atomic mass is 10.0. The minimum absolute atomic E-state index is 0.105. The molecule has 2 aromatic rings. The number of thioether (sulfide) groups is 1. The number of amides is 1. The zero-order chi connectivity index (χ0) is 22.4. The van der Waals surface area contributed by atoms with E-state index < -0.39 is 0 Å². The lowest BCUT2D eigenvalue weighted by molar-refractivity contribution is -0.133. The lowest BCUT2D eigenvalue weighted by Gasteiger charge is -2.36. The van der Waals surface area contributed by atoms with Crippen LogP contribution in [0.4, 0.5) is 5.95 Å². The Bertz CT molecular complexity index is 841. The Balaban J connectivity index is 1.73. The van der Waals surface area contributed by atoms with Gasteiger partial charge in [0, 0.05) is 31.7 Å². The normalized spacial score (nSPS) is 14.8. The van der Waals surface area contributed by atoms with Crippen LogP contribution in [0.2, 0.25) is 0 Å². The first kappa shape index (κ1) is 23.6. The van der Waals surface area contributed by atoms with E-state index in [0.717, 1.165) is 36.3 Å². The summed E-state index contributed by atoms with van der Waals surface area (Å²) in [6.07, 6.45) is 0. The summed E-state index contributed by atoms with van der Waals surface area (Å²) in [4.78, 5) is 17.4. The number of aromatic nitrogens is 3. The molecule has 2 heterocycles. The van der Waals surface area contributed by atoms with Gasteiger partial charge in [0.05, 0.1) is 19.0 Å². The molecule has 31 heavy (non-hydrogen) atoms. The van der Waals surface area contributed by atoms with E-state index in [1.807, 2.05) is 23.1 Å². The Hall–Kier alpha value is -2.06. The molecule has 0 saturated carbocycles. The predicted molar refractivity (Wildman–Crippen MR) is 125 cm³/mol. The summed E-state index contributed by atoms with van der Waals surface area (Å²) < 4.78 is 7.64. The second kappa shape index (κ2) is 10.5. The molecule has 0 unspecified atom stereocenters. The molecular weight excluding hydrogens is 410 g/mol. The molecule has 0 spiro atoms. The molecule has 0 aliphatic carbocycles. The Labute approximate surface area is 190 Å². The molecule has 0 radical (unpaired) electrons. The molecule has 0 atom stereocenters. The highest BCUT2D eigenvalue weighted by Gasteiger charge is 2.28. The molecule has 1 aromatic carbocycles. The van der Waals surface area contributed by atoms with Gasteiger partial charge in [-0.1, -0.05) is 55.9 Å². The standard InChI is InChI=1S/C23H35N5O2S/c1-18(2)15-27-21(26-11-13-30-14-12-26)24-25-22(27)31-17-20(29)28(23(3,4)5)16-19-9-7-6-8-10-19/h6-10,18H,11-17H2,1-5H3. The molecule has 1 aliphatic heterocycles. The summed E-state index contributed by atoms with van der Waals surface area (Å²) in [5.41, 5.74) is 0.867. The number of carbonyl (C=O) groups is 1. The van der Waals surface area contributed by atoms with E-state index in [2.05, 4.69) is 66.4 Å². The van der Waals surface area contributed by atoms with Gasteiger partial charge in [-0.15, -0.1) is 10.2 Å². The van der Waals surface area contributed by atoms with Crippen molar-refractivity contribution in [2.45, 2.75) is 58.4 Å². The monoisotopic (exact) mass is 445 g/mol. The number of rotatable bonds is 8. The van der Waals surface area contributed by atoms with E-state index in [9.17, 15) is 4.79 Å². The maximum Gasteiger partial charge on any atom is 0.233 e. The van der Waals surface area contributed by atoms with Crippen LogP contribution in [0.25, 0.3) is 0 Å². The van der Waals surface area contributed by atoms with Gasteiger partial charge in [-0.05, 0) is 32.3 Å². The largest absolute Gasteiger partial charge is 0.378 e. The highest BCUT2D eigenvalue weighted by molar-refractivity contribution is 7.99. The van der Waals surface area contributed by atoms with E-state index >= 15 is 0 Å². The smallest absolute Gasteiger partial charge is 0.233 e. The van der Waals surface area contributed by atoms with E-state index in [1.165, 1.54) is 11.8 Å². The molecule has 1 aromatic heterocycles. The number of ether oxygens (including phenoxy) is 1. The van der Waals surface area contributed by atoms with Gasteiger partial charge in [-0.3, -0.25) is 9.36 Å². The van der Waals surface area contributed by atoms with Gasteiger partial charge in [0.2, 0.25) is 11.9 Å². The molecule has 0 bridgehead atoms. The summed E-state index contributed by atoms with van der Waals surface area (Å²) in [6, 6.07) is 10.1. The Morgan fingerprint density at radius 1 is 1.16 bits per heavy atom. The summed E-state index contributed by atoms with van der Waals surface area (Å²) in [5, 5.41) is 9.72. The molecule has 8 heteroatoms. The van der Waals surface area contributed by atoms with Crippen LogP contribution in [-0.2, 0) is 22.6 Å². The van der Waals surface area contributed by atoms with Crippen LogP contribution in [0, 0.1) is 5.92 Å². The van der Waals surface area contributed by atoms with Crippen molar-refractivity contribution in [3.63, 3.8) is 0 Å². The van der Waals surface area contributed by atoms with Crippen molar-refractivity contribution in [1.82, 2.24) is 19.7 Å². The van der Waals surface area contributed by atoms with E-state index in [0.29, 0.717) is 31.4 Å². The molecule has 1 fully saturated rings. The number of nitrogens with zero attached hydrogens (tertiary/aromatic N) is 5. The molecule has 1 aliphatic rings. The number of hydrogen-bond acceptors (Lipinski definition) is 6. The van der Waals surface area contributed by atoms with Gasteiger partial charge < -0.3 is 14.5 Å². The fourth-order valence-electron chi connectivity index (χ4n) is 3.58. The van der Waals surface area contributed by atoms with Gasteiger partial charge in [0.1, 0.15) is 0 Å². The van der Waals surface area contributed by atoms with Crippen LogP contribution < -0.4 is 4.90 Å². The van der Waals surface area contributed by atoms with Crippen LogP contribution >= 0.6 is 11.8 Å². The van der Waals surface area contributed by atoms with E-state index in [4.69, 9.17) is 4.74 Å². The number of carbonyl (C=O) groups excluding carboxylic acids is 1. The summed E-state index contributed by atoms with van der Waals surface area (Å²) >= 11 is 1.48. The van der Waals surface area contributed by atoms with Crippen LogP contribution in [-0.4, -0.2) is 63.2 Å². The fourth-order valence-corrected chi connectivity index (χ4v) is 4.40. The van der Waals surface area contributed by atoms with Crippen molar-refractivity contribution >= 4 is 23.6 Å². The molecule has 1 amide bonds. The Kier molecular flexibility index (Phi) is 8.00. The SMILES string of the molecule is CC(C)Cn1c(SCC(=O)N(Cc2ccccc2)C(C)(C)C)nnc1N1CCOCC1. The molecular formula is C23H35N5O2S. The second-order valence-electron chi connectivity index (χ2n) is 9.31. The number of morpholine rings is 1. The van der Waals surface area contributed by atoms with Crippen molar-refractivity contribution in [3.8, 4) is 0 Å². The van der Waals surface area contributed by atoms with Crippen molar-refractivity contribution in [1.29, 1.82) is 0 Å². The molecule has 1 saturated heterocycles. The van der Waals surface area contributed by atoms with Crippen molar-refractivity contribution in [3.05, 3.63) is 35.9 Å². The third kappa shape index (κ3) is 6.46. The van der Waals surface area contributed by atoms with Gasteiger partial charge in [-0.25, -0.2) is 0 Å².